The Morgan fingerprint density at radius 2 is 1.08 bits per heavy atom. The van der Waals surface area contributed by atoms with Crippen molar-refractivity contribution in [3.8, 4) is 0 Å². The van der Waals surface area contributed by atoms with E-state index in [0.717, 1.165) is 32.1 Å². The molecule has 0 aliphatic carbocycles. The number of nitrogens with one attached hydrogen (secondary N) is 7. The fourth-order valence-corrected chi connectivity index (χ4v) is 8.25. The minimum atomic E-state index is -1.03. The number of unbranched alkanes of at least 4 members (excludes halogenated alkanes) is 3. The van der Waals surface area contributed by atoms with Gasteiger partial charge in [-0.15, -0.1) is 0 Å². The number of anilines is 2. The molecule has 29 heteroatoms. The Morgan fingerprint density at radius 1 is 0.588 bits per heavy atom. The second-order valence-corrected chi connectivity index (χ2v) is 22.0. The predicted molar refractivity (Wildman–Crippen MR) is 324 cm³/mol. The van der Waals surface area contributed by atoms with Gasteiger partial charge in [-0.2, -0.15) is 9.98 Å². The van der Waals surface area contributed by atoms with Crippen LogP contribution in [0.1, 0.15) is 113 Å². The molecule has 0 aliphatic heterocycles. The van der Waals surface area contributed by atoms with Gasteiger partial charge < -0.3 is 66.5 Å². The number of nitrogens with two attached hydrogens (primary N) is 2. The first-order valence-electron chi connectivity index (χ1n) is 27.8. The van der Waals surface area contributed by atoms with Gasteiger partial charge in [-0.05, 0) is 105 Å². The van der Waals surface area contributed by atoms with E-state index in [1.54, 1.807) is 62.4 Å². The summed E-state index contributed by atoms with van der Waals surface area (Å²) in [6.45, 7) is 12.9. The fraction of sp³-hybridized carbons (Fsp3) is 0.571. The number of hydrogen-bond donors (Lipinski definition) is 9. The predicted octanol–water partition coefficient (Wildman–Crippen LogP) is 6.57. The molecule has 27 nitrogen and oxygen atoms in total. The summed E-state index contributed by atoms with van der Waals surface area (Å²) in [6, 6.07) is 12.6. The number of guanidine groups is 4. The molecular weight excluding hydrogens is 1150 g/mol. The van der Waals surface area contributed by atoms with Gasteiger partial charge >= 0.3 is 36.1 Å². The first-order chi connectivity index (χ1) is 40.2. The maximum absolute atomic E-state index is 13.3. The molecule has 0 saturated carbocycles. The standard InChI is InChI=1S/C56H85Cl2N13O14/c1-9-15-37(3)28-55(5,6)30-44(73)68-50(66-41-20-16-39(57)17-21-41)69-48(59)62-24-13-11-12-14-25-63-49(60)70-51(67-42-22-18-40(58)19-23-42)71-52(77)65-38(4)29-56(7,8)36-64-54(79)85-35-47(76)83-33-45(74)81-27-26-80-31-43(72)32-82-46(75)34-84-53(78)61-10-2/h16-23,37-38H,9-15,24-36H2,1-8H3,(H,61,78)(H,64,79)(H4,59,62,66,68,69,73)(H5,60,63,65,67,70,71,77). The molecule has 0 fully saturated rings. The number of ether oxygens (including phenoxy) is 6. The number of hydrogen-bond acceptors (Lipinski definition) is 16. The molecule has 472 valence electrons. The second-order valence-electron chi connectivity index (χ2n) is 21.1. The van der Waals surface area contributed by atoms with Crippen molar-refractivity contribution in [2.75, 3.05) is 83.1 Å². The van der Waals surface area contributed by atoms with Gasteiger partial charge in [0.25, 0.3) is 0 Å². The molecule has 85 heavy (non-hydrogen) atoms. The number of esters is 3. The van der Waals surface area contributed by atoms with Crippen LogP contribution in [0.5, 0.6) is 0 Å². The van der Waals surface area contributed by atoms with E-state index in [-0.39, 0.29) is 54.9 Å². The van der Waals surface area contributed by atoms with Crippen LogP contribution in [0.4, 0.5) is 25.8 Å². The molecule has 2 rings (SSSR count). The minimum Gasteiger partial charge on any atom is -0.461 e. The van der Waals surface area contributed by atoms with E-state index in [4.69, 9.17) is 53.6 Å². The lowest BCUT2D eigenvalue weighted by molar-refractivity contribution is -0.161. The van der Waals surface area contributed by atoms with Crippen LogP contribution in [0.3, 0.4) is 0 Å². The van der Waals surface area contributed by atoms with Crippen molar-refractivity contribution in [1.82, 2.24) is 26.6 Å². The van der Waals surface area contributed by atoms with Gasteiger partial charge in [-0.3, -0.25) is 30.2 Å². The lowest BCUT2D eigenvalue weighted by atomic mass is 9.79. The molecule has 5 amide bonds. The van der Waals surface area contributed by atoms with Crippen molar-refractivity contribution in [3.05, 3.63) is 58.6 Å². The summed E-state index contributed by atoms with van der Waals surface area (Å²) in [5.74, 6) is -3.17. The van der Waals surface area contributed by atoms with Crippen molar-refractivity contribution in [2.45, 2.75) is 119 Å². The number of carbonyl (C=O) groups is 8. The van der Waals surface area contributed by atoms with Gasteiger partial charge in [0, 0.05) is 60.1 Å². The molecule has 2 atom stereocenters. The van der Waals surface area contributed by atoms with E-state index in [9.17, 15) is 38.4 Å². The van der Waals surface area contributed by atoms with Gasteiger partial charge in [0.2, 0.25) is 29.7 Å². The van der Waals surface area contributed by atoms with Crippen LogP contribution in [0.2, 0.25) is 10.0 Å². The maximum atomic E-state index is 13.3. The molecule has 0 spiro atoms. The summed E-state index contributed by atoms with van der Waals surface area (Å²) in [5, 5.41) is 20.5. The zero-order valence-electron chi connectivity index (χ0n) is 49.8. The number of carbonyl (C=O) groups excluding carboxylic acids is 8. The summed E-state index contributed by atoms with van der Waals surface area (Å²) in [6.07, 6.45) is 5.00. The summed E-state index contributed by atoms with van der Waals surface area (Å²) in [5.41, 5.74) is 12.8. The summed E-state index contributed by atoms with van der Waals surface area (Å²) in [7, 11) is 0. The highest BCUT2D eigenvalue weighted by Crippen LogP contribution is 2.31. The third-order valence-corrected chi connectivity index (χ3v) is 12.0. The maximum Gasteiger partial charge on any atom is 0.407 e. The van der Waals surface area contributed by atoms with Crippen LogP contribution < -0.4 is 48.7 Å². The molecule has 0 bridgehead atoms. The number of urea groups is 1. The number of amides is 5. The smallest absolute Gasteiger partial charge is 0.407 e. The number of benzene rings is 2. The van der Waals surface area contributed by atoms with E-state index in [1.807, 2.05) is 13.8 Å². The lowest BCUT2D eigenvalue weighted by Gasteiger charge is -2.28. The number of Topliss-reactive ketones (excluding diaryl/α,β-unsaturated/α-hetero) is 1. The average Bonchev–Trinajstić information content (AvgIpc) is 3.46. The number of alkyl carbamates (subject to hydrolysis) is 2. The number of halogens is 2. The SMILES string of the molecule is CCCC(C)CC(C)(C)CC(=O)N/C(=N\C(N)=NCCCCCCN=C(N)/N=C(\NC(=O)NC(C)CC(C)(C)CNC(=O)OCC(=O)OCC(=O)OCCOCC(=O)COC(=O)COC(=O)NCC)Nc1ccc(Cl)cc1)Nc1ccc(Cl)cc1. The Kier molecular flexibility index (Phi) is 34.9. The molecule has 2 unspecified atom stereocenters. The molecule has 0 aromatic heterocycles. The minimum absolute atomic E-state index is 0.00535. The summed E-state index contributed by atoms with van der Waals surface area (Å²) in [4.78, 5) is 115. The monoisotopic (exact) mass is 1230 g/mol. The van der Waals surface area contributed by atoms with Gasteiger partial charge in [0.15, 0.2) is 32.2 Å². The lowest BCUT2D eigenvalue weighted by Crippen LogP contribution is -2.48. The van der Waals surface area contributed by atoms with Crippen molar-refractivity contribution in [3.63, 3.8) is 0 Å². The summed E-state index contributed by atoms with van der Waals surface area (Å²) < 4.78 is 28.8. The van der Waals surface area contributed by atoms with Crippen molar-refractivity contribution in [1.29, 1.82) is 0 Å². The molecule has 11 N–H and O–H groups in total. The molecule has 0 aliphatic rings. The van der Waals surface area contributed by atoms with Crippen molar-refractivity contribution in [2.24, 2.45) is 48.2 Å². The van der Waals surface area contributed by atoms with E-state index in [2.05, 4.69) is 94.4 Å². The number of aliphatic imine (C=N–C) groups is 4. The Balaban J connectivity index is 1.81. The third-order valence-electron chi connectivity index (χ3n) is 11.5. The molecular formula is C56H85Cl2N13O14. The molecule has 0 radical (unpaired) electrons. The Morgan fingerprint density at radius 3 is 1.61 bits per heavy atom. The quantitative estimate of drug-likeness (QED) is 0.0118. The van der Waals surface area contributed by atoms with Gasteiger partial charge in [-0.1, -0.05) is 90.4 Å². The van der Waals surface area contributed by atoms with Crippen LogP contribution in [0.15, 0.2) is 68.5 Å². The van der Waals surface area contributed by atoms with Gasteiger partial charge in [0.05, 0.1) is 6.61 Å². The zero-order valence-corrected chi connectivity index (χ0v) is 51.3. The molecule has 2 aromatic carbocycles. The van der Waals surface area contributed by atoms with E-state index >= 15 is 0 Å². The molecule has 0 saturated heterocycles. The highest BCUT2D eigenvalue weighted by Gasteiger charge is 2.26. The largest absolute Gasteiger partial charge is 0.461 e. The molecule has 2 aromatic rings. The number of rotatable bonds is 34. The normalized spacial score (nSPS) is 12.8. The highest BCUT2D eigenvalue weighted by molar-refractivity contribution is 6.31. The van der Waals surface area contributed by atoms with Crippen molar-refractivity contribution >= 4 is 106 Å². The van der Waals surface area contributed by atoms with Crippen LogP contribution in [0, 0.1) is 16.7 Å². The van der Waals surface area contributed by atoms with Crippen LogP contribution in [-0.2, 0) is 52.4 Å². The number of nitrogens with zero attached hydrogens (tertiary/aromatic N) is 4. The van der Waals surface area contributed by atoms with Crippen LogP contribution in [-0.4, -0.2) is 150 Å². The van der Waals surface area contributed by atoms with Crippen LogP contribution >= 0.6 is 23.2 Å². The fourth-order valence-electron chi connectivity index (χ4n) is 7.99. The third kappa shape index (κ3) is 37.2. The summed E-state index contributed by atoms with van der Waals surface area (Å²) >= 11 is 12.2. The first-order valence-corrected chi connectivity index (χ1v) is 28.6. The van der Waals surface area contributed by atoms with Crippen molar-refractivity contribution < 1.29 is 66.8 Å². The van der Waals surface area contributed by atoms with E-state index in [1.165, 1.54) is 0 Å². The zero-order chi connectivity index (χ0) is 63.2. The van der Waals surface area contributed by atoms with Gasteiger partial charge in [-0.25, -0.2) is 28.8 Å². The van der Waals surface area contributed by atoms with Gasteiger partial charge in [0.1, 0.15) is 13.2 Å². The van der Waals surface area contributed by atoms with E-state index in [0.29, 0.717) is 72.7 Å². The molecule has 0 heterocycles. The highest BCUT2D eigenvalue weighted by atomic mass is 35.5. The van der Waals surface area contributed by atoms with E-state index < -0.39 is 86.4 Å². The number of ketones is 1. The average molecular weight is 1240 g/mol. The first kappa shape index (κ1) is 73.3. The Bertz CT molecular complexity index is 2580. The van der Waals surface area contributed by atoms with Crippen LogP contribution in [0.25, 0.3) is 0 Å². The second kappa shape index (κ2) is 40.5. The topological polar surface area (TPSA) is 378 Å². The Labute approximate surface area is 506 Å². The Hall–Kier alpha value is -7.78.